The third kappa shape index (κ3) is 4.67. The van der Waals surface area contributed by atoms with Crippen molar-refractivity contribution < 1.29 is 26.3 Å². The average Bonchev–Trinajstić information content (AvgIpc) is 2.93. The molecule has 0 atom stereocenters. The fourth-order valence-corrected chi connectivity index (χ4v) is 4.32. The first-order valence-corrected chi connectivity index (χ1v) is 11.3. The van der Waals surface area contributed by atoms with Crippen LogP contribution < -0.4 is 0 Å². The molecule has 0 radical (unpaired) electrons. The highest BCUT2D eigenvalue weighted by Gasteiger charge is 2.35. The molecule has 1 aromatic heterocycles. The summed E-state index contributed by atoms with van der Waals surface area (Å²) < 4.78 is 81.4. The van der Waals surface area contributed by atoms with Crippen molar-refractivity contribution in [2.24, 2.45) is 10.1 Å². The molecule has 1 aliphatic carbocycles. The molecule has 0 saturated carbocycles. The second kappa shape index (κ2) is 9.75. The number of halogens is 6. The predicted octanol–water partition coefficient (Wildman–Crippen LogP) is 7.15. The molecule has 0 aliphatic heterocycles. The molecule has 40 heavy (non-hydrogen) atoms. The van der Waals surface area contributed by atoms with Crippen LogP contribution in [0.2, 0.25) is 0 Å². The molecule has 1 heterocycles. The van der Waals surface area contributed by atoms with Gasteiger partial charge in [-0.25, -0.2) is 9.97 Å². The van der Waals surface area contributed by atoms with Gasteiger partial charge < -0.3 is 0 Å². The van der Waals surface area contributed by atoms with E-state index in [0.29, 0.717) is 11.1 Å². The van der Waals surface area contributed by atoms with E-state index in [9.17, 15) is 31.6 Å². The van der Waals surface area contributed by atoms with Gasteiger partial charge in [-0.1, -0.05) is 48.5 Å². The first kappa shape index (κ1) is 26.3. The van der Waals surface area contributed by atoms with Crippen molar-refractivity contribution in [2.75, 3.05) is 0 Å². The maximum absolute atomic E-state index is 13.6. The quantitative estimate of drug-likeness (QED) is 0.102. The second-order valence-electron chi connectivity index (χ2n) is 8.43. The number of hydrogen-bond donors (Lipinski definition) is 0. The van der Waals surface area contributed by atoms with E-state index < -0.39 is 23.5 Å². The van der Waals surface area contributed by atoms with Crippen molar-refractivity contribution in [2.45, 2.75) is 12.4 Å². The zero-order valence-electron chi connectivity index (χ0n) is 19.9. The van der Waals surface area contributed by atoms with E-state index in [1.165, 1.54) is 12.1 Å². The van der Waals surface area contributed by atoms with Crippen LogP contribution in [0.1, 0.15) is 33.6 Å². The largest absolute Gasteiger partial charge is 0.416 e. The van der Waals surface area contributed by atoms with Gasteiger partial charge in [-0.15, -0.1) is 4.95 Å². The standard InChI is InChI=1S/C28H12F6N6/c1-36-40-24-20-11-3-2-10-19(20)23(37-14-35)25-26(24)39-22(16-7-5-9-18(13-16)28(32,33)34)21(38-25)15-6-4-8-17(12-15)27(29,30)31/h2-13H/b37-23-,40-24+. The normalized spacial score (nSPS) is 14.8. The van der Waals surface area contributed by atoms with Crippen LogP contribution in [0, 0.1) is 18.0 Å². The zero-order chi connectivity index (χ0) is 28.7. The van der Waals surface area contributed by atoms with Gasteiger partial charge >= 0.3 is 12.4 Å². The van der Waals surface area contributed by atoms with Gasteiger partial charge in [-0.3, -0.25) is 0 Å². The molecule has 0 unspecified atom stereocenters. The molecule has 4 aromatic rings. The second-order valence-corrected chi connectivity index (χ2v) is 8.43. The minimum atomic E-state index is -4.71. The lowest BCUT2D eigenvalue weighted by molar-refractivity contribution is -0.138. The Balaban J connectivity index is 1.89. The van der Waals surface area contributed by atoms with Crippen molar-refractivity contribution >= 4 is 11.4 Å². The van der Waals surface area contributed by atoms with Gasteiger partial charge in [0.05, 0.1) is 27.6 Å². The number of benzene rings is 3. The summed E-state index contributed by atoms with van der Waals surface area (Å²) in [5.74, 6) is 0. The van der Waals surface area contributed by atoms with E-state index in [1.807, 2.05) is 0 Å². The molecule has 0 bridgehead atoms. The molecule has 0 fully saturated rings. The molecule has 0 saturated heterocycles. The number of fused-ring (bicyclic) bond motifs is 2. The van der Waals surface area contributed by atoms with Crippen LogP contribution in [0.4, 0.5) is 26.3 Å². The Morgan fingerprint density at radius 3 is 1.60 bits per heavy atom. The molecular weight excluding hydrogens is 534 g/mol. The smallest absolute Gasteiger partial charge is 0.241 e. The van der Waals surface area contributed by atoms with E-state index >= 15 is 0 Å². The van der Waals surface area contributed by atoms with Gasteiger partial charge in [0.15, 0.2) is 5.71 Å². The van der Waals surface area contributed by atoms with Crippen molar-refractivity contribution in [1.29, 1.82) is 5.26 Å². The van der Waals surface area contributed by atoms with Crippen LogP contribution in [0.5, 0.6) is 0 Å². The van der Waals surface area contributed by atoms with Gasteiger partial charge in [0.25, 0.3) is 0 Å². The Bertz CT molecular complexity index is 1670. The average molecular weight is 546 g/mol. The van der Waals surface area contributed by atoms with Crippen molar-refractivity contribution in [3.05, 3.63) is 118 Å². The Morgan fingerprint density at radius 2 is 1.15 bits per heavy atom. The number of alkyl halides is 6. The van der Waals surface area contributed by atoms with Crippen LogP contribution in [0.3, 0.4) is 0 Å². The molecular formula is C28H12F6N6. The maximum Gasteiger partial charge on any atom is 0.416 e. The molecule has 0 amide bonds. The number of aliphatic imine (C=N–C) groups is 1. The number of nitrogens with zero attached hydrogens (tertiary/aromatic N) is 6. The van der Waals surface area contributed by atoms with Gasteiger partial charge in [0.1, 0.15) is 17.1 Å². The molecule has 0 N–H and O–H groups in total. The van der Waals surface area contributed by atoms with E-state index in [-0.39, 0.29) is 45.3 Å². The minimum absolute atomic E-state index is 0.0216. The third-order valence-electron chi connectivity index (χ3n) is 6.02. The maximum atomic E-state index is 13.6. The lowest BCUT2D eigenvalue weighted by Gasteiger charge is -2.22. The van der Waals surface area contributed by atoms with Crippen LogP contribution in [0.25, 0.3) is 27.5 Å². The zero-order valence-corrected chi connectivity index (χ0v) is 19.9. The van der Waals surface area contributed by atoms with Crippen molar-refractivity contribution in [3.63, 3.8) is 0 Å². The summed E-state index contributed by atoms with van der Waals surface area (Å²) in [6.07, 6.45) is -7.75. The molecule has 1 aliphatic rings. The van der Waals surface area contributed by atoms with Crippen LogP contribution >= 0.6 is 0 Å². The number of nitriles is 1. The molecule has 196 valence electrons. The highest BCUT2D eigenvalue weighted by atomic mass is 19.4. The Morgan fingerprint density at radius 1 is 0.675 bits per heavy atom. The van der Waals surface area contributed by atoms with E-state index in [4.69, 9.17) is 6.57 Å². The van der Waals surface area contributed by atoms with Crippen molar-refractivity contribution in [3.8, 4) is 28.7 Å². The molecule has 5 rings (SSSR count). The fourth-order valence-electron chi connectivity index (χ4n) is 4.32. The first-order chi connectivity index (χ1) is 19.0. The highest BCUT2D eigenvalue weighted by Crippen LogP contribution is 2.39. The highest BCUT2D eigenvalue weighted by molar-refractivity contribution is 6.30. The summed E-state index contributed by atoms with van der Waals surface area (Å²) in [7, 11) is 0. The van der Waals surface area contributed by atoms with Crippen LogP contribution in [-0.4, -0.2) is 21.4 Å². The van der Waals surface area contributed by atoms with Gasteiger partial charge in [-0.2, -0.15) is 43.2 Å². The number of aromatic nitrogens is 2. The molecule has 6 nitrogen and oxygen atoms in total. The lowest BCUT2D eigenvalue weighted by atomic mass is 9.87. The Hall–Kier alpha value is -5.36. The number of hydrogen-bond acceptors (Lipinski definition) is 5. The predicted molar refractivity (Wildman–Crippen MR) is 133 cm³/mol. The lowest BCUT2D eigenvalue weighted by Crippen LogP contribution is -2.25. The minimum Gasteiger partial charge on any atom is -0.241 e. The number of rotatable bonds is 2. The summed E-state index contributed by atoms with van der Waals surface area (Å²) in [5.41, 5.74) is -1.90. The van der Waals surface area contributed by atoms with Gasteiger partial charge in [0, 0.05) is 22.3 Å². The van der Waals surface area contributed by atoms with Gasteiger partial charge in [-0.05, 0) is 24.3 Å². The summed E-state index contributed by atoms with van der Waals surface area (Å²) in [6, 6.07) is 14.7. The van der Waals surface area contributed by atoms with E-state index in [1.54, 1.807) is 30.5 Å². The SMILES string of the molecule is [C-]#[N+]/N=C1\c2ccccc2/C(=N/C#N)c2nc(-c3cccc(C(F)(F)F)c3)c(-c3cccc(C(F)(F)F)c3)nc21. The van der Waals surface area contributed by atoms with E-state index in [0.717, 1.165) is 36.4 Å². The Labute approximate surface area is 222 Å². The van der Waals surface area contributed by atoms with Crippen molar-refractivity contribution in [1.82, 2.24) is 9.97 Å². The Kier molecular flexibility index (Phi) is 6.40. The molecule has 0 spiro atoms. The van der Waals surface area contributed by atoms with Gasteiger partial charge in [0.2, 0.25) is 6.19 Å². The fraction of sp³-hybridized carbons (Fsp3) is 0.0714. The van der Waals surface area contributed by atoms with E-state index in [2.05, 4.69) is 25.0 Å². The summed E-state index contributed by atoms with van der Waals surface area (Å²) in [6.45, 7) is 7.30. The summed E-state index contributed by atoms with van der Waals surface area (Å²) in [5, 5.41) is 13.2. The monoisotopic (exact) mass is 546 g/mol. The summed E-state index contributed by atoms with van der Waals surface area (Å²) in [4.78, 5) is 16.0. The summed E-state index contributed by atoms with van der Waals surface area (Å²) >= 11 is 0. The van der Waals surface area contributed by atoms with Crippen LogP contribution in [0.15, 0.2) is 82.9 Å². The molecule has 12 heteroatoms. The topological polar surface area (TPSA) is 78.6 Å². The van der Waals surface area contributed by atoms with Crippen LogP contribution in [-0.2, 0) is 12.4 Å². The third-order valence-corrected chi connectivity index (χ3v) is 6.02. The first-order valence-electron chi connectivity index (χ1n) is 11.3. The molecule has 3 aromatic carbocycles.